The van der Waals surface area contributed by atoms with Crippen molar-refractivity contribution in [2.75, 3.05) is 18.5 Å². The summed E-state index contributed by atoms with van der Waals surface area (Å²) in [5.41, 5.74) is 2.45. The van der Waals surface area contributed by atoms with Gasteiger partial charge >= 0.3 is 0 Å². The van der Waals surface area contributed by atoms with Gasteiger partial charge in [-0.25, -0.2) is 0 Å². The van der Waals surface area contributed by atoms with E-state index in [4.69, 9.17) is 4.74 Å². The first-order valence-electron chi connectivity index (χ1n) is 7.57. The van der Waals surface area contributed by atoms with E-state index in [-0.39, 0.29) is 24.5 Å². The second-order valence-corrected chi connectivity index (χ2v) is 6.77. The number of anilines is 1. The number of nitrogens with zero attached hydrogens (tertiary/aromatic N) is 1. The average Bonchev–Trinajstić information content (AvgIpc) is 3.03. The minimum Gasteiger partial charge on any atom is -0.482 e. The molecule has 4 rings (SSSR count). The zero-order valence-corrected chi connectivity index (χ0v) is 13.5. The first-order valence-corrected chi connectivity index (χ1v) is 8.45. The molecule has 1 aromatic carbocycles. The van der Waals surface area contributed by atoms with Crippen LogP contribution in [0, 0.1) is 0 Å². The fourth-order valence-corrected chi connectivity index (χ4v) is 4.12. The Labute approximate surface area is 137 Å². The van der Waals surface area contributed by atoms with Gasteiger partial charge in [0.1, 0.15) is 5.75 Å². The number of rotatable bonds is 1. The summed E-state index contributed by atoms with van der Waals surface area (Å²) in [5, 5.41) is 4.82. The second-order valence-electron chi connectivity index (χ2n) is 5.77. The number of thiophene rings is 1. The van der Waals surface area contributed by atoms with Crippen LogP contribution in [0.1, 0.15) is 33.8 Å². The van der Waals surface area contributed by atoms with Crippen LogP contribution in [-0.2, 0) is 11.2 Å². The van der Waals surface area contributed by atoms with Crippen LogP contribution in [0.3, 0.4) is 0 Å². The van der Waals surface area contributed by atoms with Gasteiger partial charge in [0.15, 0.2) is 6.61 Å². The molecule has 0 fully saturated rings. The minimum atomic E-state index is -0.175. The van der Waals surface area contributed by atoms with Crippen molar-refractivity contribution in [2.45, 2.75) is 19.4 Å². The lowest BCUT2D eigenvalue weighted by molar-refractivity contribution is -0.118. The number of amides is 2. The van der Waals surface area contributed by atoms with Crippen molar-refractivity contribution < 1.29 is 14.3 Å². The molecule has 0 radical (unpaired) electrons. The van der Waals surface area contributed by atoms with Crippen molar-refractivity contribution in [1.82, 2.24) is 4.90 Å². The Kier molecular flexibility index (Phi) is 3.34. The molecule has 0 spiro atoms. The van der Waals surface area contributed by atoms with Gasteiger partial charge in [-0.15, -0.1) is 11.3 Å². The average molecular weight is 328 g/mol. The highest BCUT2D eigenvalue weighted by Crippen LogP contribution is 2.35. The van der Waals surface area contributed by atoms with Crippen LogP contribution in [-0.4, -0.2) is 29.9 Å². The van der Waals surface area contributed by atoms with Gasteiger partial charge in [-0.3, -0.25) is 9.59 Å². The Morgan fingerprint density at radius 1 is 1.39 bits per heavy atom. The predicted octanol–water partition coefficient (Wildman–Crippen LogP) is 2.84. The third kappa shape index (κ3) is 2.39. The molecule has 0 unspecified atom stereocenters. The van der Waals surface area contributed by atoms with E-state index >= 15 is 0 Å². The summed E-state index contributed by atoms with van der Waals surface area (Å²) in [7, 11) is 0. The molecule has 0 saturated heterocycles. The van der Waals surface area contributed by atoms with Crippen molar-refractivity contribution >= 4 is 28.8 Å². The fraction of sp³-hybridized carbons (Fsp3) is 0.294. The molecule has 1 atom stereocenters. The van der Waals surface area contributed by atoms with E-state index in [9.17, 15) is 9.59 Å². The van der Waals surface area contributed by atoms with Gasteiger partial charge in [0.2, 0.25) is 0 Å². The van der Waals surface area contributed by atoms with Gasteiger partial charge in [0.05, 0.1) is 11.7 Å². The van der Waals surface area contributed by atoms with Crippen molar-refractivity contribution in [2.24, 2.45) is 0 Å². The molecule has 1 aromatic heterocycles. The molecule has 5 nitrogen and oxygen atoms in total. The summed E-state index contributed by atoms with van der Waals surface area (Å²) in [5.74, 6) is 0.375. The molecule has 118 valence electrons. The zero-order chi connectivity index (χ0) is 16.0. The number of hydrogen-bond acceptors (Lipinski definition) is 4. The van der Waals surface area contributed by atoms with E-state index in [1.54, 1.807) is 29.5 Å². The fourth-order valence-electron chi connectivity index (χ4n) is 3.16. The number of ether oxygens (including phenoxy) is 1. The molecule has 0 aliphatic carbocycles. The van der Waals surface area contributed by atoms with Gasteiger partial charge in [0.25, 0.3) is 11.8 Å². The summed E-state index contributed by atoms with van der Waals surface area (Å²) in [6.45, 7) is 2.78. The number of fused-ring (bicyclic) bond motifs is 2. The van der Waals surface area contributed by atoms with E-state index in [1.165, 1.54) is 10.4 Å². The highest BCUT2D eigenvalue weighted by Gasteiger charge is 2.29. The van der Waals surface area contributed by atoms with Gasteiger partial charge in [-0.1, -0.05) is 0 Å². The highest BCUT2D eigenvalue weighted by atomic mass is 32.1. The summed E-state index contributed by atoms with van der Waals surface area (Å²) in [6, 6.07) is 7.37. The Morgan fingerprint density at radius 2 is 2.26 bits per heavy atom. The lowest BCUT2D eigenvalue weighted by Gasteiger charge is -2.34. The maximum atomic E-state index is 12.9. The zero-order valence-electron chi connectivity index (χ0n) is 12.7. The lowest BCUT2D eigenvalue weighted by atomic mass is 10.00. The number of carbonyl (C=O) groups excluding carboxylic acids is 2. The van der Waals surface area contributed by atoms with Gasteiger partial charge in [-0.2, -0.15) is 0 Å². The number of benzene rings is 1. The third-order valence-electron chi connectivity index (χ3n) is 4.40. The van der Waals surface area contributed by atoms with Crippen LogP contribution >= 0.6 is 11.3 Å². The molecule has 0 bridgehead atoms. The van der Waals surface area contributed by atoms with Crippen LogP contribution in [0.25, 0.3) is 0 Å². The van der Waals surface area contributed by atoms with Crippen LogP contribution in [0.15, 0.2) is 29.6 Å². The maximum absolute atomic E-state index is 12.9. The van der Waals surface area contributed by atoms with E-state index in [0.29, 0.717) is 17.0 Å². The number of nitrogens with one attached hydrogen (secondary N) is 1. The summed E-state index contributed by atoms with van der Waals surface area (Å²) in [6.07, 6.45) is 0.903. The first kappa shape index (κ1) is 14.3. The molecule has 2 amide bonds. The van der Waals surface area contributed by atoms with Crippen molar-refractivity contribution in [1.29, 1.82) is 0 Å². The smallest absolute Gasteiger partial charge is 0.262 e. The van der Waals surface area contributed by atoms with Gasteiger partial charge in [0, 0.05) is 17.0 Å². The SMILES string of the molecule is C[C@@H]1c2ccsc2CCN1C(=O)c1ccc2c(c1)OCC(=O)N2. The Morgan fingerprint density at radius 3 is 3.13 bits per heavy atom. The maximum Gasteiger partial charge on any atom is 0.262 e. The van der Waals surface area contributed by atoms with Crippen LogP contribution < -0.4 is 10.1 Å². The molecule has 6 heteroatoms. The molecule has 2 aromatic rings. The lowest BCUT2D eigenvalue weighted by Crippen LogP contribution is -2.38. The quantitative estimate of drug-likeness (QED) is 0.876. The van der Waals surface area contributed by atoms with Crippen molar-refractivity contribution in [3.63, 3.8) is 0 Å². The molecule has 2 aliphatic rings. The Balaban J connectivity index is 1.61. The van der Waals surface area contributed by atoms with Crippen LogP contribution in [0.4, 0.5) is 5.69 Å². The number of carbonyl (C=O) groups is 2. The van der Waals surface area contributed by atoms with E-state index < -0.39 is 0 Å². The van der Waals surface area contributed by atoms with E-state index in [1.807, 2.05) is 4.90 Å². The van der Waals surface area contributed by atoms with Crippen LogP contribution in [0.5, 0.6) is 5.75 Å². The van der Waals surface area contributed by atoms with E-state index in [0.717, 1.165) is 13.0 Å². The summed E-state index contributed by atoms with van der Waals surface area (Å²) in [4.78, 5) is 27.5. The molecule has 3 heterocycles. The largest absolute Gasteiger partial charge is 0.482 e. The minimum absolute atomic E-state index is 0.00218. The van der Waals surface area contributed by atoms with E-state index in [2.05, 4.69) is 23.7 Å². The van der Waals surface area contributed by atoms with Crippen molar-refractivity contribution in [3.8, 4) is 5.75 Å². The number of hydrogen-bond donors (Lipinski definition) is 1. The topological polar surface area (TPSA) is 58.6 Å². The summed E-state index contributed by atoms with van der Waals surface area (Å²) >= 11 is 1.76. The Hall–Kier alpha value is -2.34. The third-order valence-corrected chi connectivity index (χ3v) is 5.40. The summed E-state index contributed by atoms with van der Waals surface area (Å²) < 4.78 is 5.40. The predicted molar refractivity (Wildman–Crippen MR) is 88.0 cm³/mol. The molecule has 1 N–H and O–H groups in total. The molecular formula is C17H16N2O3S. The molecule has 23 heavy (non-hydrogen) atoms. The monoisotopic (exact) mass is 328 g/mol. The normalized spacial score (nSPS) is 19.4. The highest BCUT2D eigenvalue weighted by molar-refractivity contribution is 7.10. The second kappa shape index (κ2) is 5.38. The van der Waals surface area contributed by atoms with Gasteiger partial charge in [-0.05, 0) is 48.6 Å². The molecular weight excluding hydrogens is 312 g/mol. The first-order chi connectivity index (χ1) is 11.1. The van der Waals surface area contributed by atoms with Gasteiger partial charge < -0.3 is 15.0 Å². The Bertz CT molecular complexity index is 799. The van der Waals surface area contributed by atoms with Crippen LogP contribution in [0.2, 0.25) is 0 Å². The molecule has 0 saturated carbocycles. The van der Waals surface area contributed by atoms with Crippen molar-refractivity contribution in [3.05, 3.63) is 45.6 Å². The standard InChI is InChI=1S/C17H16N2O3S/c1-10-12-5-7-23-15(12)4-6-19(10)17(21)11-2-3-13-14(8-11)22-9-16(20)18-13/h2-3,5,7-8,10H,4,6,9H2,1H3,(H,18,20)/t10-/m1/s1. The molecule has 2 aliphatic heterocycles.